The Morgan fingerprint density at radius 2 is 1.43 bits per heavy atom. The highest BCUT2D eigenvalue weighted by Crippen LogP contribution is 2.52. The van der Waals surface area contributed by atoms with Gasteiger partial charge in [0.1, 0.15) is 0 Å². The molecule has 8 heteroatoms. The van der Waals surface area contributed by atoms with E-state index in [1.54, 1.807) is 0 Å². The summed E-state index contributed by atoms with van der Waals surface area (Å²) in [5, 5.41) is -5.17. The topological polar surface area (TPSA) is 0 Å². The van der Waals surface area contributed by atoms with E-state index < -0.39 is 29.1 Å². The summed E-state index contributed by atoms with van der Waals surface area (Å²) >= 11 is -0.816. The Labute approximate surface area is 79.8 Å². The average Bonchev–Trinajstić information content (AvgIpc) is 1.98. The minimum atomic E-state index is -6.24. The minimum Gasteiger partial charge on any atom is -0.188 e. The quantitative estimate of drug-likeness (QED) is 0.670. The van der Waals surface area contributed by atoms with E-state index in [1.165, 1.54) is 6.92 Å². The summed E-state index contributed by atoms with van der Waals surface area (Å²) in [5.74, 6) is -5.42. The summed E-state index contributed by atoms with van der Waals surface area (Å²) in [6.07, 6.45) is -6.28. The van der Waals surface area contributed by atoms with Crippen molar-refractivity contribution in [1.29, 1.82) is 0 Å². The number of alkyl halides is 7. The number of rotatable bonds is 4. The Morgan fingerprint density at radius 3 is 1.71 bits per heavy atom. The fourth-order valence-corrected chi connectivity index (χ4v) is 1.07. The highest BCUT2D eigenvalue weighted by molar-refractivity contribution is 8.02. The van der Waals surface area contributed by atoms with Crippen LogP contribution in [0.1, 0.15) is 13.3 Å². The Morgan fingerprint density at radius 1 is 1.00 bits per heavy atom. The molecule has 0 aliphatic carbocycles. The van der Waals surface area contributed by atoms with Gasteiger partial charge in [-0.05, 0) is 6.42 Å². The summed E-state index contributed by atoms with van der Waals surface area (Å²) in [6, 6.07) is 0. The zero-order valence-electron chi connectivity index (χ0n) is 6.84. The molecule has 0 aliphatic heterocycles. The molecule has 0 aromatic heterocycles. The summed E-state index contributed by atoms with van der Waals surface area (Å²) in [4.78, 5) is 0. The van der Waals surface area contributed by atoms with Gasteiger partial charge in [0.05, 0.1) is 0 Å². The normalized spacial score (nSPS) is 14.6. The summed E-state index contributed by atoms with van der Waals surface area (Å²) in [5.41, 5.74) is 0. The molecule has 0 unspecified atom stereocenters. The number of hydrogen-bond donors (Lipinski definition) is 0. The second kappa shape index (κ2) is 4.16. The van der Waals surface area contributed by atoms with Crippen LogP contribution in [0.5, 0.6) is 0 Å². The van der Waals surface area contributed by atoms with E-state index in [-0.39, 0.29) is 6.42 Å². The molecule has 0 amide bonds. The third-order valence-electron chi connectivity index (χ3n) is 1.12. The van der Waals surface area contributed by atoms with Crippen molar-refractivity contribution in [3.05, 3.63) is 5.75 Å². The third kappa shape index (κ3) is 2.68. The molecular formula is C6H6F7S. The van der Waals surface area contributed by atoms with Gasteiger partial charge in [-0.1, -0.05) is 18.7 Å². The number of thioether (sulfide) groups is 1. The molecule has 14 heavy (non-hydrogen) atoms. The maximum absolute atomic E-state index is 12.3. The summed E-state index contributed by atoms with van der Waals surface area (Å²) in [7, 11) is 0. The van der Waals surface area contributed by atoms with Gasteiger partial charge in [-0.2, -0.15) is 30.7 Å². The maximum Gasteiger partial charge on any atom is 0.460 e. The van der Waals surface area contributed by atoms with Crippen molar-refractivity contribution in [2.24, 2.45) is 0 Å². The Balaban J connectivity index is 4.69. The lowest BCUT2D eigenvalue weighted by Gasteiger charge is -2.27. The predicted molar refractivity (Wildman–Crippen MR) is 38.1 cm³/mol. The van der Waals surface area contributed by atoms with Gasteiger partial charge in [-0.25, -0.2) is 0 Å². The van der Waals surface area contributed by atoms with E-state index in [0.29, 0.717) is 5.75 Å². The maximum atomic E-state index is 12.3. The van der Waals surface area contributed by atoms with E-state index in [2.05, 4.69) is 0 Å². The molecule has 0 saturated carbocycles. The molecule has 0 spiro atoms. The van der Waals surface area contributed by atoms with Crippen molar-refractivity contribution >= 4 is 11.8 Å². The first-order chi connectivity index (χ1) is 6.06. The molecule has 0 aromatic carbocycles. The van der Waals surface area contributed by atoms with Crippen molar-refractivity contribution in [1.82, 2.24) is 0 Å². The smallest absolute Gasteiger partial charge is 0.188 e. The van der Waals surface area contributed by atoms with Crippen molar-refractivity contribution in [3.8, 4) is 0 Å². The van der Waals surface area contributed by atoms with E-state index >= 15 is 0 Å². The SMILES string of the molecule is CC[CH]SC(F)(F)C(F)(F)C(F)(F)F. The molecule has 1 radical (unpaired) electrons. The number of halogens is 7. The largest absolute Gasteiger partial charge is 0.460 e. The average molecular weight is 243 g/mol. The van der Waals surface area contributed by atoms with E-state index in [4.69, 9.17) is 0 Å². The van der Waals surface area contributed by atoms with Crippen LogP contribution < -0.4 is 0 Å². The van der Waals surface area contributed by atoms with Gasteiger partial charge in [0.15, 0.2) is 0 Å². The molecule has 0 N–H and O–H groups in total. The Bertz CT molecular complexity index is 185. The molecule has 0 atom stereocenters. The van der Waals surface area contributed by atoms with Gasteiger partial charge >= 0.3 is 17.4 Å². The summed E-state index contributed by atoms with van der Waals surface area (Å²) < 4.78 is 83.4. The molecular weight excluding hydrogens is 237 g/mol. The molecule has 85 valence electrons. The van der Waals surface area contributed by atoms with Gasteiger partial charge in [0.2, 0.25) is 0 Å². The van der Waals surface area contributed by atoms with Crippen molar-refractivity contribution < 1.29 is 30.7 Å². The zero-order valence-corrected chi connectivity index (χ0v) is 7.65. The molecule has 0 aromatic rings. The lowest BCUT2D eigenvalue weighted by molar-refractivity contribution is -0.330. The second-order valence-electron chi connectivity index (χ2n) is 2.28. The van der Waals surface area contributed by atoms with Crippen LogP contribution in [0.25, 0.3) is 0 Å². The lowest BCUT2D eigenvalue weighted by atomic mass is 10.3. The first-order valence-corrected chi connectivity index (χ1v) is 4.26. The van der Waals surface area contributed by atoms with Crippen LogP contribution in [0.3, 0.4) is 0 Å². The van der Waals surface area contributed by atoms with Crippen molar-refractivity contribution in [2.75, 3.05) is 0 Å². The molecule has 0 fully saturated rings. The zero-order chi connectivity index (χ0) is 11.6. The lowest BCUT2D eigenvalue weighted by Crippen LogP contribution is -2.49. The van der Waals surface area contributed by atoms with E-state index in [9.17, 15) is 30.7 Å². The van der Waals surface area contributed by atoms with Gasteiger partial charge in [-0.3, -0.25) is 0 Å². The van der Waals surface area contributed by atoms with Gasteiger partial charge in [-0.15, -0.1) is 0 Å². The fraction of sp³-hybridized carbons (Fsp3) is 0.833. The molecule has 0 bridgehead atoms. The second-order valence-corrected chi connectivity index (χ2v) is 3.36. The Hall–Kier alpha value is -0.140. The van der Waals surface area contributed by atoms with Gasteiger partial charge < -0.3 is 0 Å². The molecule has 0 rings (SSSR count). The van der Waals surface area contributed by atoms with Crippen molar-refractivity contribution in [3.63, 3.8) is 0 Å². The van der Waals surface area contributed by atoms with Crippen LogP contribution in [0.15, 0.2) is 0 Å². The van der Waals surface area contributed by atoms with Crippen LogP contribution in [0.2, 0.25) is 0 Å². The predicted octanol–water partition coefficient (Wildman–Crippen LogP) is 4.08. The molecule has 0 heterocycles. The highest BCUT2D eigenvalue weighted by Gasteiger charge is 2.73. The summed E-state index contributed by atoms with van der Waals surface area (Å²) in [6.45, 7) is 1.34. The van der Waals surface area contributed by atoms with Crippen LogP contribution in [0, 0.1) is 5.75 Å². The first-order valence-electron chi connectivity index (χ1n) is 3.38. The third-order valence-corrected chi connectivity index (χ3v) is 2.17. The highest BCUT2D eigenvalue weighted by atomic mass is 32.2. The van der Waals surface area contributed by atoms with Crippen molar-refractivity contribution in [2.45, 2.75) is 30.7 Å². The fourth-order valence-electron chi connectivity index (χ4n) is 0.427. The molecule has 0 aliphatic rings. The molecule has 0 nitrogen and oxygen atoms in total. The van der Waals surface area contributed by atoms with E-state index in [1.807, 2.05) is 0 Å². The molecule has 0 saturated heterocycles. The first kappa shape index (κ1) is 13.9. The Kier molecular flexibility index (Phi) is 4.12. The van der Waals surface area contributed by atoms with Gasteiger partial charge in [0.25, 0.3) is 0 Å². The van der Waals surface area contributed by atoms with E-state index in [0.717, 1.165) is 0 Å². The standard InChI is InChI=1S/C6H6F7S/c1-2-3-14-6(12,13)4(7,8)5(9,10)11/h3H,2H2,1H3. The van der Waals surface area contributed by atoms with Gasteiger partial charge in [0, 0.05) is 5.75 Å². The van der Waals surface area contributed by atoms with Crippen LogP contribution in [-0.2, 0) is 0 Å². The minimum absolute atomic E-state index is 0.0335. The monoisotopic (exact) mass is 243 g/mol. The van der Waals surface area contributed by atoms with Crippen LogP contribution >= 0.6 is 11.8 Å². The van der Waals surface area contributed by atoms with Crippen LogP contribution in [-0.4, -0.2) is 17.4 Å². The number of hydrogen-bond acceptors (Lipinski definition) is 1. The van der Waals surface area contributed by atoms with Crippen LogP contribution in [0.4, 0.5) is 30.7 Å².